The van der Waals surface area contributed by atoms with E-state index in [-0.39, 0.29) is 5.54 Å². The molecule has 23 heavy (non-hydrogen) atoms. The zero-order valence-corrected chi connectivity index (χ0v) is 17.3. The van der Waals surface area contributed by atoms with E-state index in [9.17, 15) is 0 Å². The van der Waals surface area contributed by atoms with E-state index in [0.29, 0.717) is 23.0 Å². The standard InChI is InChI=1S/C21H44N2/c1-9-20(7,10-2)22-17-12-14-18(15-13-17)23-21(8,11-3)16-19(4,5)6/h17-18,22-23H,9-16H2,1-8H3. The number of hydrogen-bond donors (Lipinski definition) is 2. The van der Waals surface area contributed by atoms with Crippen molar-refractivity contribution in [2.24, 2.45) is 5.41 Å². The van der Waals surface area contributed by atoms with E-state index >= 15 is 0 Å². The fourth-order valence-corrected chi connectivity index (χ4v) is 4.27. The highest BCUT2D eigenvalue weighted by molar-refractivity contribution is 4.93. The summed E-state index contributed by atoms with van der Waals surface area (Å²) in [6.45, 7) is 18.8. The van der Waals surface area contributed by atoms with E-state index in [1.807, 2.05) is 0 Å². The third-order valence-corrected chi connectivity index (χ3v) is 6.09. The molecule has 0 heterocycles. The average Bonchev–Trinajstić information content (AvgIpc) is 2.47. The molecule has 138 valence electrons. The lowest BCUT2D eigenvalue weighted by atomic mass is 9.78. The topological polar surface area (TPSA) is 24.1 Å². The molecule has 0 aromatic carbocycles. The van der Waals surface area contributed by atoms with E-state index in [1.54, 1.807) is 0 Å². The van der Waals surface area contributed by atoms with Gasteiger partial charge in [0.2, 0.25) is 0 Å². The Morgan fingerprint density at radius 3 is 1.30 bits per heavy atom. The second kappa shape index (κ2) is 8.34. The summed E-state index contributed by atoms with van der Waals surface area (Å²) in [6.07, 6.45) is 10.2. The molecule has 0 aromatic heterocycles. The van der Waals surface area contributed by atoms with Crippen LogP contribution in [0.2, 0.25) is 0 Å². The van der Waals surface area contributed by atoms with E-state index in [4.69, 9.17) is 0 Å². The molecule has 1 rings (SSSR count). The minimum absolute atomic E-state index is 0.282. The summed E-state index contributed by atoms with van der Waals surface area (Å²) in [5.41, 5.74) is 1.00. The summed E-state index contributed by atoms with van der Waals surface area (Å²) >= 11 is 0. The molecule has 1 fully saturated rings. The fraction of sp³-hybridized carbons (Fsp3) is 1.00. The molecule has 1 unspecified atom stereocenters. The fourth-order valence-electron chi connectivity index (χ4n) is 4.27. The van der Waals surface area contributed by atoms with Gasteiger partial charge in [0, 0.05) is 23.2 Å². The highest BCUT2D eigenvalue weighted by Crippen LogP contribution is 2.32. The van der Waals surface area contributed by atoms with Crippen molar-refractivity contribution in [2.45, 2.75) is 130 Å². The van der Waals surface area contributed by atoms with Crippen LogP contribution < -0.4 is 10.6 Å². The van der Waals surface area contributed by atoms with Gasteiger partial charge in [0.05, 0.1) is 0 Å². The molecule has 0 aliphatic heterocycles. The van der Waals surface area contributed by atoms with Crippen LogP contribution in [0.4, 0.5) is 0 Å². The Bertz CT molecular complexity index is 332. The van der Waals surface area contributed by atoms with Crippen molar-refractivity contribution in [2.75, 3.05) is 0 Å². The van der Waals surface area contributed by atoms with E-state index in [1.165, 1.54) is 51.4 Å². The molecule has 0 radical (unpaired) electrons. The van der Waals surface area contributed by atoms with E-state index in [0.717, 1.165) is 0 Å². The summed E-state index contributed by atoms with van der Waals surface area (Å²) in [4.78, 5) is 0. The molecule has 0 saturated heterocycles. The summed E-state index contributed by atoms with van der Waals surface area (Å²) in [6, 6.07) is 1.42. The maximum atomic E-state index is 4.02. The first-order valence-electron chi connectivity index (χ1n) is 10.1. The summed E-state index contributed by atoms with van der Waals surface area (Å²) in [7, 11) is 0. The molecule has 2 N–H and O–H groups in total. The molecule has 1 saturated carbocycles. The maximum Gasteiger partial charge on any atom is 0.0158 e. The minimum atomic E-state index is 0.282. The van der Waals surface area contributed by atoms with Gasteiger partial charge >= 0.3 is 0 Å². The van der Waals surface area contributed by atoms with Gasteiger partial charge in [0.15, 0.2) is 0 Å². The molecule has 0 spiro atoms. The molecule has 1 aliphatic rings. The monoisotopic (exact) mass is 324 g/mol. The van der Waals surface area contributed by atoms with Gasteiger partial charge in [-0.25, -0.2) is 0 Å². The van der Waals surface area contributed by atoms with Crippen LogP contribution in [-0.4, -0.2) is 23.2 Å². The Kier molecular flexibility index (Phi) is 7.60. The number of rotatable bonds is 8. The predicted octanol–water partition coefficient (Wildman–Crippen LogP) is 5.66. The lowest BCUT2D eigenvalue weighted by Crippen LogP contribution is -2.54. The van der Waals surface area contributed by atoms with Crippen molar-refractivity contribution in [1.29, 1.82) is 0 Å². The number of nitrogens with one attached hydrogen (secondary N) is 2. The normalized spacial score (nSPS) is 26.1. The molecule has 0 bridgehead atoms. The van der Waals surface area contributed by atoms with Gasteiger partial charge in [0.25, 0.3) is 0 Å². The molecular weight excluding hydrogens is 280 g/mol. The van der Waals surface area contributed by atoms with Crippen LogP contribution in [0.15, 0.2) is 0 Å². The van der Waals surface area contributed by atoms with Gasteiger partial charge in [-0.2, -0.15) is 0 Å². The average molecular weight is 325 g/mol. The van der Waals surface area contributed by atoms with Crippen molar-refractivity contribution >= 4 is 0 Å². The first-order valence-corrected chi connectivity index (χ1v) is 10.1. The van der Waals surface area contributed by atoms with Crippen LogP contribution in [0, 0.1) is 5.41 Å². The van der Waals surface area contributed by atoms with E-state index in [2.05, 4.69) is 66.0 Å². The Morgan fingerprint density at radius 2 is 1.00 bits per heavy atom. The molecular formula is C21H44N2. The summed E-state index contributed by atoms with van der Waals surface area (Å²) in [5.74, 6) is 0. The van der Waals surface area contributed by atoms with Crippen LogP contribution in [0.1, 0.15) is 107 Å². The van der Waals surface area contributed by atoms with Gasteiger partial charge in [-0.15, -0.1) is 0 Å². The Balaban J connectivity index is 2.49. The third kappa shape index (κ3) is 7.13. The van der Waals surface area contributed by atoms with Gasteiger partial charge in [-0.1, -0.05) is 41.5 Å². The summed E-state index contributed by atoms with van der Waals surface area (Å²) < 4.78 is 0. The minimum Gasteiger partial charge on any atom is -0.309 e. The second-order valence-corrected chi connectivity index (χ2v) is 9.76. The molecule has 1 aliphatic carbocycles. The SMILES string of the molecule is CCC(C)(CC)NC1CCC(NC(C)(CC)CC(C)(C)C)CC1. The van der Waals surface area contributed by atoms with Gasteiger partial charge in [-0.3, -0.25) is 0 Å². The molecule has 0 aromatic rings. The predicted molar refractivity (Wildman–Crippen MR) is 104 cm³/mol. The summed E-state index contributed by atoms with van der Waals surface area (Å²) in [5, 5.41) is 7.96. The lowest BCUT2D eigenvalue weighted by molar-refractivity contribution is 0.167. The van der Waals surface area contributed by atoms with Gasteiger partial charge in [-0.05, 0) is 70.6 Å². The van der Waals surface area contributed by atoms with Crippen LogP contribution in [0.5, 0.6) is 0 Å². The van der Waals surface area contributed by atoms with Gasteiger partial charge in [0.1, 0.15) is 0 Å². The highest BCUT2D eigenvalue weighted by atomic mass is 15.0. The quantitative estimate of drug-likeness (QED) is 0.602. The van der Waals surface area contributed by atoms with Crippen LogP contribution in [0.25, 0.3) is 0 Å². The molecule has 0 amide bonds. The van der Waals surface area contributed by atoms with E-state index < -0.39 is 0 Å². The largest absolute Gasteiger partial charge is 0.309 e. The van der Waals surface area contributed by atoms with Crippen molar-refractivity contribution < 1.29 is 0 Å². The Morgan fingerprint density at radius 1 is 0.652 bits per heavy atom. The Hall–Kier alpha value is -0.0800. The lowest BCUT2D eigenvalue weighted by Gasteiger charge is -2.42. The first-order chi connectivity index (χ1) is 10.5. The zero-order valence-electron chi connectivity index (χ0n) is 17.3. The van der Waals surface area contributed by atoms with Crippen molar-refractivity contribution in [1.82, 2.24) is 10.6 Å². The van der Waals surface area contributed by atoms with Crippen LogP contribution in [-0.2, 0) is 0 Å². The van der Waals surface area contributed by atoms with Crippen molar-refractivity contribution in [3.63, 3.8) is 0 Å². The molecule has 1 atom stereocenters. The van der Waals surface area contributed by atoms with Crippen molar-refractivity contribution in [3.05, 3.63) is 0 Å². The number of hydrogen-bond acceptors (Lipinski definition) is 2. The second-order valence-electron chi connectivity index (χ2n) is 9.76. The van der Waals surface area contributed by atoms with Crippen LogP contribution in [0.3, 0.4) is 0 Å². The van der Waals surface area contributed by atoms with Gasteiger partial charge < -0.3 is 10.6 Å². The molecule has 2 nitrogen and oxygen atoms in total. The smallest absolute Gasteiger partial charge is 0.0158 e. The third-order valence-electron chi connectivity index (χ3n) is 6.09. The Labute approximate surface area is 146 Å². The van der Waals surface area contributed by atoms with Crippen LogP contribution >= 0.6 is 0 Å². The van der Waals surface area contributed by atoms with Crippen molar-refractivity contribution in [3.8, 4) is 0 Å². The first kappa shape index (κ1) is 21.0. The maximum absolute atomic E-state index is 4.02. The highest BCUT2D eigenvalue weighted by Gasteiger charge is 2.33. The zero-order chi connectivity index (χ0) is 17.7. The molecule has 2 heteroatoms.